The van der Waals surface area contributed by atoms with Crippen LogP contribution in [0.3, 0.4) is 0 Å². The minimum atomic E-state index is -0.335. The molecule has 1 aromatic rings. The monoisotopic (exact) mass is 269 g/mol. The first-order valence-electron chi connectivity index (χ1n) is 5.76. The van der Waals surface area contributed by atoms with Gasteiger partial charge in [-0.1, -0.05) is 12.1 Å². The summed E-state index contributed by atoms with van der Waals surface area (Å²) in [5.41, 5.74) is 6.40. The van der Waals surface area contributed by atoms with Gasteiger partial charge in [-0.2, -0.15) is 11.8 Å². The van der Waals surface area contributed by atoms with Crippen molar-refractivity contribution in [1.29, 1.82) is 0 Å². The van der Waals surface area contributed by atoms with E-state index >= 15 is 0 Å². The number of benzene rings is 1. The summed E-state index contributed by atoms with van der Waals surface area (Å²) in [7, 11) is 0. The Morgan fingerprint density at radius 3 is 3.00 bits per heavy atom. The zero-order chi connectivity index (χ0) is 13.1. The van der Waals surface area contributed by atoms with Gasteiger partial charge < -0.3 is 15.8 Å². The van der Waals surface area contributed by atoms with E-state index in [2.05, 4.69) is 12.1 Å². The Bertz CT molecular complexity index is 467. The lowest BCUT2D eigenvalue weighted by Gasteiger charge is -2.32. The Kier molecular flexibility index (Phi) is 3.96. The second-order valence-corrected chi connectivity index (χ2v) is 5.83. The van der Waals surface area contributed by atoms with Gasteiger partial charge in [0, 0.05) is 29.7 Å². The summed E-state index contributed by atoms with van der Waals surface area (Å²) in [5, 5.41) is 11.9. The molecular formula is C12H16FN3OS. The molecule has 0 spiro atoms. The number of hydrogen-bond acceptors (Lipinski definition) is 4. The van der Waals surface area contributed by atoms with Crippen LogP contribution in [0.5, 0.6) is 0 Å². The van der Waals surface area contributed by atoms with Crippen molar-refractivity contribution >= 4 is 23.3 Å². The molecule has 1 aliphatic rings. The third kappa shape index (κ3) is 2.69. The quantitative estimate of drug-likeness (QED) is 0.372. The maximum absolute atomic E-state index is 14.0. The largest absolute Gasteiger partial charge is 0.409 e. The molecule has 1 saturated heterocycles. The van der Waals surface area contributed by atoms with Crippen molar-refractivity contribution in [3.05, 3.63) is 29.6 Å². The van der Waals surface area contributed by atoms with Gasteiger partial charge in [0.05, 0.1) is 5.69 Å². The van der Waals surface area contributed by atoms with Gasteiger partial charge >= 0.3 is 0 Å². The standard InChI is InChI=1S/C12H16FN3OS/c1-8-7-16(4-5-18-8)11-3-2-9(6-10(11)13)12(14)15-17/h2-3,6,8,17H,4-5,7H2,1H3,(H2,14,15). The van der Waals surface area contributed by atoms with Crippen molar-refractivity contribution in [2.75, 3.05) is 23.7 Å². The summed E-state index contributed by atoms with van der Waals surface area (Å²) >= 11 is 1.90. The van der Waals surface area contributed by atoms with Crippen LogP contribution in [0.1, 0.15) is 12.5 Å². The Morgan fingerprint density at radius 2 is 2.39 bits per heavy atom. The van der Waals surface area contributed by atoms with Crippen molar-refractivity contribution in [1.82, 2.24) is 0 Å². The van der Waals surface area contributed by atoms with E-state index in [1.807, 2.05) is 16.7 Å². The van der Waals surface area contributed by atoms with Crippen molar-refractivity contribution in [2.45, 2.75) is 12.2 Å². The highest BCUT2D eigenvalue weighted by Gasteiger charge is 2.19. The number of hydrogen-bond donors (Lipinski definition) is 2. The lowest BCUT2D eigenvalue weighted by molar-refractivity contribution is 0.318. The van der Waals surface area contributed by atoms with Crippen molar-refractivity contribution in [2.24, 2.45) is 10.9 Å². The molecule has 1 heterocycles. The smallest absolute Gasteiger partial charge is 0.170 e. The average Bonchev–Trinajstić information content (AvgIpc) is 2.37. The van der Waals surface area contributed by atoms with Crippen LogP contribution in [0.15, 0.2) is 23.4 Å². The second kappa shape index (κ2) is 5.48. The van der Waals surface area contributed by atoms with E-state index in [1.165, 1.54) is 6.07 Å². The maximum atomic E-state index is 14.0. The molecule has 0 aliphatic carbocycles. The molecule has 1 unspecified atom stereocenters. The number of anilines is 1. The number of amidine groups is 1. The van der Waals surface area contributed by atoms with Crippen LogP contribution in [-0.2, 0) is 0 Å². The Labute approximate surface area is 110 Å². The Balaban J connectivity index is 2.24. The van der Waals surface area contributed by atoms with Crippen LogP contribution >= 0.6 is 11.8 Å². The van der Waals surface area contributed by atoms with Crippen molar-refractivity contribution in [3.63, 3.8) is 0 Å². The van der Waals surface area contributed by atoms with Gasteiger partial charge in [0.15, 0.2) is 5.84 Å². The molecule has 6 heteroatoms. The van der Waals surface area contributed by atoms with Gasteiger partial charge in [-0.3, -0.25) is 0 Å². The third-order valence-electron chi connectivity index (χ3n) is 2.93. The number of thioether (sulfide) groups is 1. The fourth-order valence-electron chi connectivity index (χ4n) is 2.02. The predicted molar refractivity (Wildman–Crippen MR) is 73.0 cm³/mol. The first-order valence-corrected chi connectivity index (χ1v) is 6.80. The normalized spacial score (nSPS) is 21.1. The molecule has 1 atom stereocenters. The number of oxime groups is 1. The van der Waals surface area contributed by atoms with Gasteiger partial charge in [0.25, 0.3) is 0 Å². The summed E-state index contributed by atoms with van der Waals surface area (Å²) in [6.45, 7) is 3.82. The molecule has 0 radical (unpaired) electrons. The van der Waals surface area contributed by atoms with Gasteiger partial charge in [0.1, 0.15) is 5.82 Å². The van der Waals surface area contributed by atoms with E-state index in [0.29, 0.717) is 16.5 Å². The van der Waals surface area contributed by atoms with Crippen LogP contribution in [0.25, 0.3) is 0 Å². The van der Waals surface area contributed by atoms with Gasteiger partial charge in [-0.15, -0.1) is 0 Å². The topological polar surface area (TPSA) is 61.8 Å². The molecule has 0 amide bonds. The van der Waals surface area contributed by atoms with E-state index in [0.717, 1.165) is 18.8 Å². The molecule has 1 fully saturated rings. The summed E-state index contributed by atoms with van der Waals surface area (Å²) < 4.78 is 14.0. The highest BCUT2D eigenvalue weighted by molar-refractivity contribution is 8.00. The van der Waals surface area contributed by atoms with Crippen LogP contribution in [-0.4, -0.2) is 35.1 Å². The first-order chi connectivity index (χ1) is 8.61. The fraction of sp³-hybridized carbons (Fsp3) is 0.417. The number of nitrogens with zero attached hydrogens (tertiary/aromatic N) is 2. The second-order valence-electron chi connectivity index (χ2n) is 4.28. The van der Waals surface area contributed by atoms with Gasteiger partial charge in [-0.25, -0.2) is 4.39 Å². The van der Waals surface area contributed by atoms with Crippen molar-refractivity contribution in [3.8, 4) is 0 Å². The SMILES string of the molecule is CC1CN(c2ccc(/C(N)=N/O)cc2F)CCS1. The number of nitrogens with two attached hydrogens (primary N) is 1. The molecular weight excluding hydrogens is 253 g/mol. The summed E-state index contributed by atoms with van der Waals surface area (Å²) in [5.74, 6) is 0.587. The van der Waals surface area contributed by atoms with Crippen LogP contribution in [0.2, 0.25) is 0 Å². The molecule has 0 saturated carbocycles. The lowest BCUT2D eigenvalue weighted by Crippen LogP contribution is -2.37. The lowest BCUT2D eigenvalue weighted by atomic mass is 10.1. The van der Waals surface area contributed by atoms with Crippen LogP contribution < -0.4 is 10.6 Å². The van der Waals surface area contributed by atoms with E-state index in [1.54, 1.807) is 12.1 Å². The molecule has 1 aromatic carbocycles. The fourth-order valence-corrected chi connectivity index (χ4v) is 3.03. The zero-order valence-corrected chi connectivity index (χ0v) is 11.0. The van der Waals surface area contributed by atoms with E-state index in [4.69, 9.17) is 10.9 Å². The van der Waals surface area contributed by atoms with Gasteiger partial charge in [0.2, 0.25) is 0 Å². The highest BCUT2D eigenvalue weighted by atomic mass is 32.2. The molecule has 2 rings (SSSR count). The molecule has 0 bridgehead atoms. The van der Waals surface area contributed by atoms with Crippen LogP contribution in [0.4, 0.5) is 10.1 Å². The van der Waals surface area contributed by atoms with E-state index in [9.17, 15) is 4.39 Å². The molecule has 3 N–H and O–H groups in total. The Hall–Kier alpha value is -1.43. The summed E-state index contributed by atoms with van der Waals surface area (Å²) in [6, 6.07) is 4.65. The van der Waals surface area contributed by atoms with E-state index in [-0.39, 0.29) is 11.7 Å². The third-order valence-corrected chi connectivity index (χ3v) is 4.07. The predicted octanol–water partition coefficient (Wildman–Crippen LogP) is 1.86. The minimum Gasteiger partial charge on any atom is -0.409 e. The number of halogens is 1. The molecule has 0 aromatic heterocycles. The first kappa shape index (κ1) is 13.0. The Morgan fingerprint density at radius 1 is 1.61 bits per heavy atom. The summed E-state index contributed by atoms with van der Waals surface area (Å²) in [6.07, 6.45) is 0. The van der Waals surface area contributed by atoms with Crippen molar-refractivity contribution < 1.29 is 9.60 Å². The van der Waals surface area contributed by atoms with Crippen LogP contribution in [0, 0.1) is 5.82 Å². The average molecular weight is 269 g/mol. The molecule has 1 aliphatic heterocycles. The molecule has 18 heavy (non-hydrogen) atoms. The van der Waals surface area contributed by atoms with Gasteiger partial charge in [-0.05, 0) is 18.2 Å². The minimum absolute atomic E-state index is 0.0805. The molecule has 4 nitrogen and oxygen atoms in total. The number of rotatable bonds is 2. The van der Waals surface area contributed by atoms with E-state index < -0.39 is 0 Å². The zero-order valence-electron chi connectivity index (χ0n) is 10.1. The summed E-state index contributed by atoms with van der Waals surface area (Å²) in [4.78, 5) is 2.03. The maximum Gasteiger partial charge on any atom is 0.170 e. The molecule has 98 valence electrons. The highest BCUT2D eigenvalue weighted by Crippen LogP contribution is 2.26.